The van der Waals surface area contributed by atoms with Crippen molar-refractivity contribution in [2.24, 2.45) is 0 Å². The Hall–Kier alpha value is -1.37. The second-order valence-electron chi connectivity index (χ2n) is 6.26. The molecule has 1 amide bonds. The molecule has 0 bridgehead atoms. The second-order valence-corrected chi connectivity index (χ2v) is 7.51. The smallest absolute Gasteiger partial charge is 0.238 e. The number of hydrogen-bond donors (Lipinski definition) is 2. The van der Waals surface area contributed by atoms with Crippen molar-refractivity contribution in [3.8, 4) is 0 Å². The Bertz CT molecular complexity index is 863. The number of amides is 1. The number of fused-ring (bicyclic) bond motifs is 1. The van der Waals surface area contributed by atoms with Gasteiger partial charge in [0.05, 0.1) is 29.4 Å². The summed E-state index contributed by atoms with van der Waals surface area (Å²) in [6, 6.07) is 6.73. The van der Waals surface area contributed by atoms with Gasteiger partial charge in [0.15, 0.2) is 0 Å². The van der Waals surface area contributed by atoms with Gasteiger partial charge in [0.25, 0.3) is 0 Å². The van der Waals surface area contributed by atoms with Crippen molar-refractivity contribution < 1.29 is 14.3 Å². The van der Waals surface area contributed by atoms with Crippen LogP contribution in [-0.4, -0.2) is 35.6 Å². The molecule has 0 radical (unpaired) electrons. The first-order valence-corrected chi connectivity index (χ1v) is 9.00. The maximum absolute atomic E-state index is 13.1. The van der Waals surface area contributed by atoms with E-state index in [1.807, 2.05) is 0 Å². The second kappa shape index (κ2) is 7.71. The van der Waals surface area contributed by atoms with Gasteiger partial charge in [-0.05, 0) is 48.5 Å². The number of carbonyl (C=O) groups is 1. The van der Waals surface area contributed by atoms with Crippen molar-refractivity contribution >= 4 is 46.4 Å². The topological polar surface area (TPSA) is 52.6 Å². The molecule has 0 saturated carbocycles. The van der Waals surface area contributed by atoms with E-state index < -0.39 is 18.0 Å². The van der Waals surface area contributed by atoms with Gasteiger partial charge in [0, 0.05) is 16.5 Å². The van der Waals surface area contributed by atoms with E-state index in [-0.39, 0.29) is 17.5 Å². The molecule has 3 rings (SSSR count). The molecule has 0 aromatic heterocycles. The van der Waals surface area contributed by atoms with E-state index in [2.05, 4.69) is 5.32 Å². The summed E-state index contributed by atoms with van der Waals surface area (Å²) in [6.07, 6.45) is -0.306. The Morgan fingerprint density at radius 3 is 2.69 bits per heavy atom. The molecule has 1 aliphatic carbocycles. The molecule has 8 heteroatoms. The van der Waals surface area contributed by atoms with Gasteiger partial charge in [-0.15, -0.1) is 0 Å². The molecular weight excluding hydrogens is 402 g/mol. The zero-order chi connectivity index (χ0) is 19.0. The van der Waals surface area contributed by atoms with Gasteiger partial charge < -0.3 is 10.4 Å². The summed E-state index contributed by atoms with van der Waals surface area (Å²) in [5, 5.41) is 14.2. The highest BCUT2D eigenvalue weighted by Crippen LogP contribution is 2.40. The summed E-state index contributed by atoms with van der Waals surface area (Å²) in [4.78, 5) is 14.0. The van der Waals surface area contributed by atoms with Crippen LogP contribution in [0, 0.1) is 5.82 Å². The number of nitrogens with one attached hydrogen (secondary N) is 1. The van der Waals surface area contributed by atoms with Crippen LogP contribution in [0.2, 0.25) is 15.1 Å². The first-order chi connectivity index (χ1) is 12.3. The zero-order valence-electron chi connectivity index (χ0n) is 13.8. The SMILES string of the molecule is CN(CC(=O)Nc1ccc(F)cc1Cl)[C@H]1c2cc(Cl)cc(Cl)c2C[C@H]1O. The first-order valence-electron chi connectivity index (χ1n) is 7.87. The standard InChI is InChI=1S/C18H16Cl3FN2O2/c1-24(8-17(26)23-15-3-2-10(22)6-14(15)21)18-12-4-9(19)5-13(20)11(12)7-16(18)25/h2-6,16,18,25H,7-8H2,1H3,(H,23,26)/t16-,18+/m1/s1. The monoisotopic (exact) mass is 416 g/mol. The number of anilines is 1. The average Bonchev–Trinajstić information content (AvgIpc) is 2.86. The predicted molar refractivity (Wildman–Crippen MR) is 102 cm³/mol. The Kier molecular flexibility index (Phi) is 5.75. The number of aliphatic hydroxyl groups is 1. The van der Waals surface area contributed by atoms with E-state index in [1.165, 1.54) is 12.1 Å². The quantitative estimate of drug-likeness (QED) is 0.779. The van der Waals surface area contributed by atoms with Crippen LogP contribution in [0.5, 0.6) is 0 Å². The molecule has 2 atom stereocenters. The number of rotatable bonds is 4. The van der Waals surface area contributed by atoms with Crippen LogP contribution in [0.15, 0.2) is 30.3 Å². The van der Waals surface area contributed by atoms with Crippen LogP contribution in [0.4, 0.5) is 10.1 Å². The number of hydrogen-bond acceptors (Lipinski definition) is 3. The van der Waals surface area contributed by atoms with Gasteiger partial charge in [0.2, 0.25) is 5.91 Å². The summed E-state index contributed by atoms with van der Waals surface area (Å²) < 4.78 is 13.1. The van der Waals surface area contributed by atoms with Crippen molar-refractivity contribution in [3.05, 3.63) is 62.3 Å². The third kappa shape index (κ3) is 3.97. The number of benzene rings is 2. The third-order valence-electron chi connectivity index (χ3n) is 4.36. The Balaban J connectivity index is 1.74. The average molecular weight is 418 g/mol. The van der Waals surface area contributed by atoms with E-state index in [4.69, 9.17) is 34.8 Å². The van der Waals surface area contributed by atoms with Crippen LogP contribution in [0.1, 0.15) is 17.2 Å². The predicted octanol–water partition coefficient (Wildman–Crippen LogP) is 4.31. The molecule has 2 aromatic rings. The van der Waals surface area contributed by atoms with E-state index in [1.54, 1.807) is 24.1 Å². The molecule has 0 unspecified atom stereocenters. The van der Waals surface area contributed by atoms with E-state index in [0.29, 0.717) is 22.2 Å². The molecular formula is C18H16Cl3FN2O2. The van der Waals surface area contributed by atoms with E-state index in [9.17, 15) is 14.3 Å². The molecule has 2 aromatic carbocycles. The summed E-state index contributed by atoms with van der Waals surface area (Å²) in [5.41, 5.74) is 1.97. The first kappa shape index (κ1) is 19.4. The fraction of sp³-hybridized carbons (Fsp3) is 0.278. The van der Waals surface area contributed by atoms with Gasteiger partial charge in [-0.2, -0.15) is 0 Å². The Labute approximate surface area is 165 Å². The number of likely N-dealkylation sites (N-methyl/N-ethyl adjacent to an activating group) is 1. The number of aliphatic hydroxyl groups excluding tert-OH is 1. The lowest BCUT2D eigenvalue weighted by molar-refractivity contribution is -0.118. The van der Waals surface area contributed by atoms with E-state index in [0.717, 1.165) is 17.2 Å². The van der Waals surface area contributed by atoms with Crippen LogP contribution >= 0.6 is 34.8 Å². The molecule has 2 N–H and O–H groups in total. The normalized spacial score (nSPS) is 18.9. The number of carbonyl (C=O) groups excluding carboxylic acids is 1. The minimum Gasteiger partial charge on any atom is -0.391 e. The van der Waals surface area contributed by atoms with Gasteiger partial charge in [-0.3, -0.25) is 9.69 Å². The van der Waals surface area contributed by atoms with E-state index >= 15 is 0 Å². The van der Waals surface area contributed by atoms with Gasteiger partial charge in [-0.1, -0.05) is 34.8 Å². The van der Waals surface area contributed by atoms with Crippen molar-refractivity contribution in [3.63, 3.8) is 0 Å². The highest BCUT2D eigenvalue weighted by atomic mass is 35.5. The van der Waals surface area contributed by atoms with Crippen molar-refractivity contribution in [1.29, 1.82) is 0 Å². The molecule has 0 fully saturated rings. The van der Waals surface area contributed by atoms with Gasteiger partial charge in [0.1, 0.15) is 5.82 Å². The Morgan fingerprint density at radius 2 is 2.00 bits per heavy atom. The van der Waals surface area contributed by atoms with Crippen molar-refractivity contribution in [2.75, 3.05) is 18.9 Å². The minimum atomic E-state index is -0.701. The molecule has 26 heavy (non-hydrogen) atoms. The molecule has 1 aliphatic rings. The largest absolute Gasteiger partial charge is 0.391 e. The fourth-order valence-corrected chi connectivity index (χ4v) is 4.07. The number of halogens is 4. The van der Waals surface area contributed by atoms with Crippen LogP contribution in [0.25, 0.3) is 0 Å². The van der Waals surface area contributed by atoms with Gasteiger partial charge >= 0.3 is 0 Å². The summed E-state index contributed by atoms with van der Waals surface area (Å²) in [5.74, 6) is -0.820. The molecule has 4 nitrogen and oxygen atoms in total. The maximum atomic E-state index is 13.1. The highest BCUT2D eigenvalue weighted by molar-refractivity contribution is 6.35. The molecule has 138 valence electrons. The maximum Gasteiger partial charge on any atom is 0.238 e. The molecule has 0 saturated heterocycles. The molecule has 0 spiro atoms. The summed E-state index contributed by atoms with van der Waals surface area (Å²) in [7, 11) is 1.73. The minimum absolute atomic E-state index is 0.000988. The fourth-order valence-electron chi connectivity index (χ4n) is 3.27. The van der Waals surface area contributed by atoms with Crippen LogP contribution in [-0.2, 0) is 11.2 Å². The molecule has 0 aliphatic heterocycles. The summed E-state index contributed by atoms with van der Waals surface area (Å²) in [6.45, 7) is -0.000988. The summed E-state index contributed by atoms with van der Waals surface area (Å²) >= 11 is 18.2. The zero-order valence-corrected chi connectivity index (χ0v) is 16.0. The lowest BCUT2D eigenvalue weighted by Crippen LogP contribution is -2.37. The molecule has 0 heterocycles. The number of nitrogens with zero attached hydrogens (tertiary/aromatic N) is 1. The lowest BCUT2D eigenvalue weighted by Gasteiger charge is -2.27. The van der Waals surface area contributed by atoms with Gasteiger partial charge in [-0.25, -0.2) is 4.39 Å². The Morgan fingerprint density at radius 1 is 1.27 bits per heavy atom. The van der Waals surface area contributed by atoms with Crippen LogP contribution < -0.4 is 5.32 Å². The van der Waals surface area contributed by atoms with Crippen molar-refractivity contribution in [2.45, 2.75) is 18.6 Å². The van der Waals surface area contributed by atoms with Crippen LogP contribution in [0.3, 0.4) is 0 Å². The van der Waals surface area contributed by atoms with Crippen molar-refractivity contribution in [1.82, 2.24) is 4.90 Å². The highest BCUT2D eigenvalue weighted by Gasteiger charge is 2.36. The third-order valence-corrected chi connectivity index (χ3v) is 5.23. The lowest BCUT2D eigenvalue weighted by atomic mass is 10.1.